The molecule has 0 atom stereocenters. The van der Waals surface area contributed by atoms with Gasteiger partial charge in [0.25, 0.3) is 5.91 Å². The highest BCUT2D eigenvalue weighted by atomic mass is 16.5. The molecule has 1 heterocycles. The molecule has 0 bridgehead atoms. The molecular formula is C20H21N3O2. The Hall–Kier alpha value is -3.08. The summed E-state index contributed by atoms with van der Waals surface area (Å²) in [5.74, 6) is 0.506. The molecule has 0 aliphatic heterocycles. The molecule has 1 N–H and O–H groups in total. The Labute approximate surface area is 147 Å². The number of carbonyl (C=O) groups excluding carboxylic acids is 1. The number of para-hydroxylation sites is 1. The van der Waals surface area contributed by atoms with Gasteiger partial charge in [0.2, 0.25) is 0 Å². The first-order chi connectivity index (χ1) is 12.1. The second kappa shape index (κ2) is 7.66. The largest absolute Gasteiger partial charge is 0.483 e. The second-order valence-corrected chi connectivity index (χ2v) is 5.96. The van der Waals surface area contributed by atoms with E-state index in [4.69, 9.17) is 4.74 Å². The average molecular weight is 335 g/mol. The fourth-order valence-corrected chi connectivity index (χ4v) is 2.54. The van der Waals surface area contributed by atoms with Gasteiger partial charge in [-0.25, -0.2) is 0 Å². The third-order valence-corrected chi connectivity index (χ3v) is 3.96. The van der Waals surface area contributed by atoms with Crippen molar-refractivity contribution in [3.63, 3.8) is 0 Å². The summed E-state index contributed by atoms with van der Waals surface area (Å²) in [6.45, 7) is 4.66. The number of aryl methyl sites for hydroxylation is 2. The summed E-state index contributed by atoms with van der Waals surface area (Å²) in [4.78, 5) is 12.0. The molecule has 0 aliphatic rings. The number of rotatable bonds is 6. The predicted molar refractivity (Wildman–Crippen MR) is 97.8 cm³/mol. The molecule has 5 heteroatoms. The molecule has 0 saturated heterocycles. The maximum absolute atomic E-state index is 12.0. The molecule has 3 aromatic rings. The molecule has 5 nitrogen and oxygen atoms in total. The van der Waals surface area contributed by atoms with Crippen LogP contribution < -0.4 is 10.1 Å². The normalized spacial score (nSPS) is 10.5. The summed E-state index contributed by atoms with van der Waals surface area (Å²) in [5, 5.41) is 7.10. The van der Waals surface area contributed by atoms with E-state index in [1.54, 1.807) is 10.9 Å². The Morgan fingerprint density at radius 2 is 1.80 bits per heavy atom. The van der Waals surface area contributed by atoms with Crippen molar-refractivity contribution in [1.82, 2.24) is 9.78 Å². The Balaban J connectivity index is 1.55. The minimum absolute atomic E-state index is 0.0339. The molecule has 0 spiro atoms. The third-order valence-electron chi connectivity index (χ3n) is 3.96. The Bertz CT molecular complexity index is 871. The highest BCUT2D eigenvalue weighted by Gasteiger charge is 2.07. The van der Waals surface area contributed by atoms with Gasteiger partial charge in [-0.15, -0.1) is 0 Å². The van der Waals surface area contributed by atoms with E-state index >= 15 is 0 Å². The van der Waals surface area contributed by atoms with Gasteiger partial charge in [0, 0.05) is 6.20 Å². The Morgan fingerprint density at radius 3 is 2.56 bits per heavy atom. The molecule has 0 aliphatic carbocycles. The zero-order valence-electron chi connectivity index (χ0n) is 14.4. The maximum atomic E-state index is 12.0. The number of hydrogen-bond donors (Lipinski definition) is 1. The van der Waals surface area contributed by atoms with Crippen LogP contribution in [0, 0.1) is 13.8 Å². The number of hydrogen-bond acceptors (Lipinski definition) is 3. The predicted octanol–water partition coefficient (Wildman–Crippen LogP) is 3.57. The molecule has 1 aromatic heterocycles. The standard InChI is InChI=1S/C20H21N3O2/c1-15-7-3-5-9-17(15)12-23-13-18(11-21-23)22-20(24)14-25-19-10-6-4-8-16(19)2/h3-11,13H,12,14H2,1-2H3,(H,22,24). The maximum Gasteiger partial charge on any atom is 0.262 e. The van der Waals surface area contributed by atoms with Crippen LogP contribution in [0.2, 0.25) is 0 Å². The van der Waals surface area contributed by atoms with Crippen LogP contribution in [0.5, 0.6) is 5.75 Å². The van der Waals surface area contributed by atoms with E-state index in [-0.39, 0.29) is 12.5 Å². The summed E-state index contributed by atoms with van der Waals surface area (Å²) in [6.07, 6.45) is 3.46. The van der Waals surface area contributed by atoms with Gasteiger partial charge in [0.15, 0.2) is 6.61 Å². The summed E-state index contributed by atoms with van der Waals surface area (Å²) in [5.41, 5.74) is 4.08. The van der Waals surface area contributed by atoms with Gasteiger partial charge in [-0.05, 0) is 36.6 Å². The van der Waals surface area contributed by atoms with Crippen molar-refractivity contribution in [2.75, 3.05) is 11.9 Å². The van der Waals surface area contributed by atoms with Crippen LogP contribution in [-0.4, -0.2) is 22.3 Å². The first kappa shape index (κ1) is 16.8. The topological polar surface area (TPSA) is 56.2 Å². The van der Waals surface area contributed by atoms with E-state index in [1.165, 1.54) is 11.1 Å². The summed E-state index contributed by atoms with van der Waals surface area (Å²) < 4.78 is 7.36. The number of amides is 1. The van der Waals surface area contributed by atoms with Crippen LogP contribution in [0.15, 0.2) is 60.9 Å². The van der Waals surface area contributed by atoms with E-state index in [2.05, 4.69) is 29.5 Å². The van der Waals surface area contributed by atoms with Crippen LogP contribution in [0.3, 0.4) is 0 Å². The zero-order valence-corrected chi connectivity index (χ0v) is 14.4. The van der Waals surface area contributed by atoms with Crippen molar-refractivity contribution >= 4 is 11.6 Å². The number of nitrogens with zero attached hydrogens (tertiary/aromatic N) is 2. The number of ether oxygens (including phenoxy) is 1. The van der Waals surface area contributed by atoms with Gasteiger partial charge in [0.05, 0.1) is 18.4 Å². The molecule has 0 radical (unpaired) electrons. The summed E-state index contributed by atoms with van der Waals surface area (Å²) in [6, 6.07) is 15.8. The second-order valence-electron chi connectivity index (χ2n) is 5.96. The lowest BCUT2D eigenvalue weighted by Gasteiger charge is -2.08. The quantitative estimate of drug-likeness (QED) is 0.749. The Kier molecular flexibility index (Phi) is 5.14. The lowest BCUT2D eigenvalue weighted by Crippen LogP contribution is -2.20. The first-order valence-corrected chi connectivity index (χ1v) is 8.17. The molecule has 25 heavy (non-hydrogen) atoms. The van der Waals surface area contributed by atoms with Crippen LogP contribution >= 0.6 is 0 Å². The molecule has 0 fully saturated rings. The molecular weight excluding hydrogens is 314 g/mol. The van der Waals surface area contributed by atoms with Crippen molar-refractivity contribution < 1.29 is 9.53 Å². The SMILES string of the molecule is Cc1ccccc1Cn1cc(NC(=O)COc2ccccc2C)cn1. The molecule has 3 rings (SSSR count). The van der Waals surface area contributed by atoms with Crippen LogP contribution in [0.25, 0.3) is 0 Å². The fourth-order valence-electron chi connectivity index (χ4n) is 2.54. The highest BCUT2D eigenvalue weighted by molar-refractivity contribution is 5.91. The van der Waals surface area contributed by atoms with Gasteiger partial charge in [-0.3, -0.25) is 9.48 Å². The minimum Gasteiger partial charge on any atom is -0.483 e. The van der Waals surface area contributed by atoms with E-state index in [1.807, 2.05) is 49.5 Å². The highest BCUT2D eigenvalue weighted by Crippen LogP contribution is 2.16. The zero-order chi connectivity index (χ0) is 17.6. The molecule has 0 saturated carbocycles. The van der Waals surface area contributed by atoms with E-state index in [0.717, 1.165) is 5.56 Å². The average Bonchev–Trinajstić information content (AvgIpc) is 3.03. The van der Waals surface area contributed by atoms with Gasteiger partial charge >= 0.3 is 0 Å². The molecule has 0 unspecified atom stereocenters. The van der Waals surface area contributed by atoms with E-state index < -0.39 is 0 Å². The third kappa shape index (κ3) is 4.47. The lowest BCUT2D eigenvalue weighted by molar-refractivity contribution is -0.118. The summed E-state index contributed by atoms with van der Waals surface area (Å²) >= 11 is 0. The van der Waals surface area contributed by atoms with Crippen LogP contribution in [0.4, 0.5) is 5.69 Å². The Morgan fingerprint density at radius 1 is 1.08 bits per heavy atom. The number of carbonyl (C=O) groups is 1. The first-order valence-electron chi connectivity index (χ1n) is 8.17. The minimum atomic E-state index is -0.210. The van der Waals surface area contributed by atoms with Gasteiger partial charge in [-0.1, -0.05) is 42.5 Å². The van der Waals surface area contributed by atoms with Crippen LogP contribution in [-0.2, 0) is 11.3 Å². The van der Waals surface area contributed by atoms with Gasteiger partial charge in [0.1, 0.15) is 5.75 Å². The van der Waals surface area contributed by atoms with Crippen molar-refractivity contribution in [2.45, 2.75) is 20.4 Å². The molecule has 1 amide bonds. The fraction of sp³-hybridized carbons (Fsp3) is 0.200. The number of benzene rings is 2. The molecule has 2 aromatic carbocycles. The molecule has 128 valence electrons. The van der Waals surface area contributed by atoms with Crippen molar-refractivity contribution in [3.05, 3.63) is 77.6 Å². The number of anilines is 1. The van der Waals surface area contributed by atoms with E-state index in [9.17, 15) is 4.79 Å². The van der Waals surface area contributed by atoms with E-state index in [0.29, 0.717) is 18.0 Å². The van der Waals surface area contributed by atoms with Gasteiger partial charge < -0.3 is 10.1 Å². The van der Waals surface area contributed by atoms with Crippen molar-refractivity contribution in [2.24, 2.45) is 0 Å². The smallest absolute Gasteiger partial charge is 0.262 e. The van der Waals surface area contributed by atoms with Crippen molar-refractivity contribution in [1.29, 1.82) is 0 Å². The van der Waals surface area contributed by atoms with Crippen LogP contribution in [0.1, 0.15) is 16.7 Å². The monoisotopic (exact) mass is 335 g/mol. The number of nitrogens with one attached hydrogen (secondary N) is 1. The van der Waals surface area contributed by atoms with Gasteiger partial charge in [-0.2, -0.15) is 5.10 Å². The summed E-state index contributed by atoms with van der Waals surface area (Å²) in [7, 11) is 0. The number of aromatic nitrogens is 2. The van der Waals surface area contributed by atoms with Crippen molar-refractivity contribution in [3.8, 4) is 5.75 Å². The lowest BCUT2D eigenvalue weighted by atomic mass is 10.1.